The Bertz CT molecular complexity index is 778. The van der Waals surface area contributed by atoms with Crippen LogP contribution in [0, 0.1) is 29.1 Å². The molecule has 0 aromatic heterocycles. The summed E-state index contributed by atoms with van der Waals surface area (Å²) in [5, 5.41) is 3.25. The van der Waals surface area contributed by atoms with Crippen molar-refractivity contribution in [2.24, 2.45) is 29.1 Å². The lowest BCUT2D eigenvalue weighted by atomic mass is 9.76. The Morgan fingerprint density at radius 1 is 1.14 bits per heavy atom. The molecule has 2 aliphatic rings. The number of carbonyl (C=O) groups is 3. The number of likely N-dealkylation sites (N-methyl/N-ethyl adjacent to an activating group) is 1. The number of likely N-dealkylation sites (tertiary alicyclic amines) is 1. The fourth-order valence-corrected chi connectivity index (χ4v) is 6.21. The van der Waals surface area contributed by atoms with E-state index in [9.17, 15) is 14.4 Å². The third kappa shape index (κ3) is 8.75. The molecular weight excluding hydrogens is 470 g/mol. The van der Waals surface area contributed by atoms with E-state index in [0.29, 0.717) is 43.8 Å². The summed E-state index contributed by atoms with van der Waals surface area (Å²) in [6.07, 6.45) is 3.12. The first-order valence-corrected chi connectivity index (χ1v) is 14.2. The highest BCUT2D eigenvalue weighted by Crippen LogP contribution is 2.34. The van der Waals surface area contributed by atoms with Crippen LogP contribution in [0.2, 0.25) is 0 Å². The quantitative estimate of drug-likeness (QED) is 0.422. The molecule has 0 radical (unpaired) electrons. The lowest BCUT2D eigenvalue weighted by Crippen LogP contribution is -2.50. The molecule has 2 heterocycles. The molecule has 4 atom stereocenters. The van der Waals surface area contributed by atoms with E-state index in [4.69, 9.17) is 9.47 Å². The van der Waals surface area contributed by atoms with Crippen molar-refractivity contribution in [2.45, 2.75) is 85.8 Å². The molecule has 2 saturated heterocycles. The smallest absolute Gasteiger partial charge is 0.319 e. The molecule has 0 spiro atoms. The molecule has 8 heteroatoms. The minimum absolute atomic E-state index is 0.0283. The van der Waals surface area contributed by atoms with Crippen LogP contribution in [0.3, 0.4) is 0 Å². The van der Waals surface area contributed by atoms with E-state index in [0.717, 1.165) is 32.4 Å². The fraction of sp³-hybridized carbons (Fsp3) is 0.897. The average molecular weight is 524 g/mol. The highest BCUT2D eigenvalue weighted by Gasteiger charge is 2.44. The van der Waals surface area contributed by atoms with Crippen LogP contribution in [-0.2, 0) is 23.9 Å². The molecule has 0 aromatic rings. The number of rotatable bonds is 6. The minimum atomic E-state index is -1.21. The summed E-state index contributed by atoms with van der Waals surface area (Å²) < 4.78 is 11.8. The Balaban J connectivity index is 2.16. The molecule has 0 bridgehead atoms. The monoisotopic (exact) mass is 523 g/mol. The fourth-order valence-electron chi connectivity index (χ4n) is 6.21. The third-order valence-corrected chi connectivity index (χ3v) is 8.40. The van der Waals surface area contributed by atoms with Gasteiger partial charge >= 0.3 is 5.97 Å². The molecule has 2 fully saturated rings. The SMILES string of the molecule is CO[C@]1(C)C[C@@H](C)CN(C)C(C2CCN(C(=O)CNCC(C)C)CC2)COC(=O)C(C)(C)C(=O)[C@H](C)C1. The van der Waals surface area contributed by atoms with E-state index >= 15 is 0 Å². The van der Waals surface area contributed by atoms with Gasteiger partial charge in [-0.2, -0.15) is 0 Å². The summed E-state index contributed by atoms with van der Waals surface area (Å²) in [4.78, 5) is 43.4. The summed E-state index contributed by atoms with van der Waals surface area (Å²) in [6, 6.07) is 0.0283. The Morgan fingerprint density at radius 2 is 1.76 bits per heavy atom. The van der Waals surface area contributed by atoms with Crippen LogP contribution in [0.5, 0.6) is 0 Å². The van der Waals surface area contributed by atoms with Crippen LogP contribution in [0.15, 0.2) is 0 Å². The van der Waals surface area contributed by atoms with Gasteiger partial charge in [0.1, 0.15) is 12.0 Å². The molecule has 1 unspecified atom stereocenters. The minimum Gasteiger partial charge on any atom is -0.463 e. The van der Waals surface area contributed by atoms with E-state index < -0.39 is 17.0 Å². The number of ether oxygens (including phenoxy) is 2. The van der Waals surface area contributed by atoms with Crippen LogP contribution >= 0.6 is 0 Å². The second-order valence-corrected chi connectivity index (χ2v) is 12.9. The zero-order valence-electron chi connectivity index (χ0n) is 24.9. The molecule has 0 aliphatic carbocycles. The van der Waals surface area contributed by atoms with Gasteiger partial charge < -0.3 is 19.7 Å². The van der Waals surface area contributed by atoms with E-state index in [-0.39, 0.29) is 30.3 Å². The Kier molecular flexibility index (Phi) is 11.6. The summed E-state index contributed by atoms with van der Waals surface area (Å²) in [7, 11) is 3.81. The summed E-state index contributed by atoms with van der Waals surface area (Å²) >= 11 is 0. The van der Waals surface area contributed by atoms with Gasteiger partial charge in [0.25, 0.3) is 0 Å². The van der Waals surface area contributed by atoms with Gasteiger partial charge in [0.05, 0.1) is 12.1 Å². The van der Waals surface area contributed by atoms with Gasteiger partial charge in [-0.25, -0.2) is 0 Å². The number of nitrogens with zero attached hydrogens (tertiary/aromatic N) is 2. The van der Waals surface area contributed by atoms with Gasteiger partial charge in [-0.05, 0) is 77.8 Å². The van der Waals surface area contributed by atoms with Gasteiger partial charge in [-0.15, -0.1) is 0 Å². The Hall–Kier alpha value is -1.51. The molecule has 214 valence electrons. The second kappa shape index (κ2) is 13.5. The third-order valence-electron chi connectivity index (χ3n) is 8.40. The van der Waals surface area contributed by atoms with Gasteiger partial charge in [0.15, 0.2) is 5.78 Å². The molecular formula is C29H53N3O5. The number of cyclic esters (lactones) is 1. The molecule has 37 heavy (non-hydrogen) atoms. The summed E-state index contributed by atoms with van der Waals surface area (Å²) in [6.45, 7) is 17.5. The summed E-state index contributed by atoms with van der Waals surface area (Å²) in [5.74, 6) is 0.414. The topological polar surface area (TPSA) is 88.2 Å². The number of esters is 1. The first-order chi connectivity index (χ1) is 17.2. The lowest BCUT2D eigenvalue weighted by molar-refractivity contribution is -0.162. The van der Waals surface area contributed by atoms with Crippen LogP contribution in [-0.4, -0.2) is 92.6 Å². The van der Waals surface area contributed by atoms with Gasteiger partial charge in [0.2, 0.25) is 5.91 Å². The first-order valence-electron chi connectivity index (χ1n) is 14.2. The summed E-state index contributed by atoms with van der Waals surface area (Å²) in [5.41, 5.74) is -1.66. The van der Waals surface area contributed by atoms with E-state index in [1.54, 1.807) is 21.0 Å². The number of hydrogen-bond donors (Lipinski definition) is 1. The number of nitrogens with one attached hydrogen (secondary N) is 1. The maximum atomic E-state index is 13.3. The van der Waals surface area contributed by atoms with Crippen molar-refractivity contribution in [3.8, 4) is 0 Å². The molecule has 0 saturated carbocycles. The standard InChI is InChI=1S/C29H53N3O5/c1-20(2)16-30-17-25(33)32-12-10-23(11-13-32)24-19-37-27(35)28(5,6)26(34)22(4)15-29(7,36-9)14-21(3)18-31(24)8/h20-24,30H,10-19H2,1-9H3/t21-,22-,24?,29-/m1/s1. The Morgan fingerprint density at radius 3 is 2.32 bits per heavy atom. The van der Waals surface area contributed by atoms with Gasteiger partial charge in [0, 0.05) is 38.7 Å². The van der Waals surface area contributed by atoms with Crippen molar-refractivity contribution in [1.29, 1.82) is 0 Å². The normalized spacial score (nSPS) is 31.4. The van der Waals surface area contributed by atoms with E-state index in [1.165, 1.54) is 0 Å². The van der Waals surface area contributed by atoms with E-state index in [1.807, 2.05) is 11.8 Å². The number of ketones is 1. The van der Waals surface area contributed by atoms with Crippen LogP contribution < -0.4 is 5.32 Å². The zero-order chi connectivity index (χ0) is 28.0. The van der Waals surface area contributed by atoms with Crippen molar-refractivity contribution < 1.29 is 23.9 Å². The Labute approximate surface area is 225 Å². The molecule has 2 rings (SSSR count). The van der Waals surface area contributed by atoms with Crippen molar-refractivity contribution in [3.63, 3.8) is 0 Å². The highest BCUT2D eigenvalue weighted by atomic mass is 16.5. The highest BCUT2D eigenvalue weighted by molar-refractivity contribution is 6.03. The van der Waals surface area contributed by atoms with Crippen LogP contribution in [0.25, 0.3) is 0 Å². The van der Waals surface area contributed by atoms with Crippen LogP contribution in [0.1, 0.15) is 74.1 Å². The average Bonchev–Trinajstić information content (AvgIpc) is 2.82. The van der Waals surface area contributed by atoms with Crippen LogP contribution in [0.4, 0.5) is 0 Å². The first kappa shape index (κ1) is 31.7. The maximum absolute atomic E-state index is 13.3. The molecule has 8 nitrogen and oxygen atoms in total. The zero-order valence-corrected chi connectivity index (χ0v) is 24.9. The van der Waals surface area contributed by atoms with E-state index in [2.05, 4.69) is 45.0 Å². The molecule has 1 N–H and O–H groups in total. The second-order valence-electron chi connectivity index (χ2n) is 12.9. The maximum Gasteiger partial charge on any atom is 0.319 e. The predicted octanol–water partition coefficient (Wildman–Crippen LogP) is 3.38. The number of piperidine rings is 1. The molecule has 0 aromatic carbocycles. The van der Waals surface area contributed by atoms with Gasteiger partial charge in [-0.1, -0.05) is 27.7 Å². The number of hydrogen-bond acceptors (Lipinski definition) is 7. The number of methoxy groups -OCH3 is 1. The number of carbonyl (C=O) groups excluding carboxylic acids is 3. The van der Waals surface area contributed by atoms with Crippen molar-refractivity contribution in [2.75, 3.05) is 53.5 Å². The van der Waals surface area contributed by atoms with Crippen molar-refractivity contribution in [3.05, 3.63) is 0 Å². The van der Waals surface area contributed by atoms with Gasteiger partial charge in [-0.3, -0.25) is 19.3 Å². The lowest BCUT2D eigenvalue weighted by Gasteiger charge is -2.41. The van der Waals surface area contributed by atoms with Crippen molar-refractivity contribution >= 4 is 17.7 Å². The molecule has 1 amide bonds. The van der Waals surface area contributed by atoms with Crippen molar-refractivity contribution in [1.82, 2.24) is 15.1 Å². The predicted molar refractivity (Wildman–Crippen MR) is 146 cm³/mol. The number of Topliss-reactive ketones (excluding diaryl/α,β-unsaturated/α-hetero) is 1. The largest absolute Gasteiger partial charge is 0.463 e. The molecule has 2 aliphatic heterocycles. The number of amides is 1.